The van der Waals surface area contributed by atoms with Gasteiger partial charge >= 0.3 is 6.03 Å². The molecular formula is C13H19ClN2O4. The van der Waals surface area contributed by atoms with E-state index in [1.165, 1.54) is 14.2 Å². The van der Waals surface area contributed by atoms with E-state index in [0.717, 1.165) is 0 Å². The average Bonchev–Trinajstić information content (AvgIpc) is 2.37. The van der Waals surface area contributed by atoms with Crippen LogP contribution in [0.4, 0.5) is 10.5 Å². The zero-order valence-electron chi connectivity index (χ0n) is 11.7. The van der Waals surface area contributed by atoms with Crippen LogP contribution in [0.2, 0.25) is 5.02 Å². The molecule has 0 saturated carbocycles. The van der Waals surface area contributed by atoms with Crippen LogP contribution >= 0.6 is 11.6 Å². The van der Waals surface area contributed by atoms with Crippen molar-refractivity contribution in [2.75, 3.05) is 32.7 Å². The van der Waals surface area contributed by atoms with E-state index in [9.17, 15) is 9.90 Å². The monoisotopic (exact) mass is 302 g/mol. The molecule has 0 aliphatic rings. The van der Waals surface area contributed by atoms with E-state index in [2.05, 4.69) is 10.6 Å². The number of aliphatic hydroxyl groups is 1. The quantitative estimate of drug-likeness (QED) is 0.749. The fourth-order valence-electron chi connectivity index (χ4n) is 1.58. The first-order chi connectivity index (χ1) is 9.38. The van der Waals surface area contributed by atoms with Gasteiger partial charge in [0.1, 0.15) is 11.4 Å². The van der Waals surface area contributed by atoms with E-state index in [1.54, 1.807) is 25.1 Å². The predicted molar refractivity (Wildman–Crippen MR) is 77.5 cm³/mol. The van der Waals surface area contributed by atoms with Gasteiger partial charge in [-0.2, -0.15) is 0 Å². The van der Waals surface area contributed by atoms with Crippen molar-refractivity contribution in [2.24, 2.45) is 0 Å². The molecule has 0 unspecified atom stereocenters. The summed E-state index contributed by atoms with van der Waals surface area (Å²) in [6, 6.07) is 4.42. The number of amides is 2. The molecule has 0 aromatic heterocycles. The van der Waals surface area contributed by atoms with Crippen molar-refractivity contribution in [1.29, 1.82) is 0 Å². The number of nitrogens with one attached hydrogen (secondary N) is 2. The van der Waals surface area contributed by atoms with Gasteiger partial charge in [-0.05, 0) is 25.1 Å². The van der Waals surface area contributed by atoms with Crippen LogP contribution in [0.5, 0.6) is 5.75 Å². The predicted octanol–water partition coefficient (Wildman–Crippen LogP) is 1.87. The first-order valence-electron chi connectivity index (χ1n) is 5.97. The molecule has 1 aromatic rings. The number of halogens is 1. The molecule has 112 valence electrons. The number of anilines is 1. The van der Waals surface area contributed by atoms with Gasteiger partial charge in [-0.3, -0.25) is 0 Å². The maximum atomic E-state index is 11.8. The third-order valence-corrected chi connectivity index (χ3v) is 2.73. The lowest BCUT2D eigenvalue weighted by molar-refractivity contribution is -0.0133. The molecular weight excluding hydrogens is 284 g/mol. The summed E-state index contributed by atoms with van der Waals surface area (Å²) in [7, 11) is 2.97. The molecule has 6 nitrogen and oxygen atoms in total. The van der Waals surface area contributed by atoms with Crippen molar-refractivity contribution in [3.8, 4) is 5.75 Å². The van der Waals surface area contributed by atoms with Gasteiger partial charge in [0.2, 0.25) is 0 Å². The average molecular weight is 303 g/mol. The van der Waals surface area contributed by atoms with Gasteiger partial charge in [0, 0.05) is 12.1 Å². The van der Waals surface area contributed by atoms with Gasteiger partial charge in [0.05, 0.1) is 25.9 Å². The Morgan fingerprint density at radius 3 is 2.75 bits per heavy atom. The number of urea groups is 1. The topological polar surface area (TPSA) is 79.8 Å². The molecule has 1 atom stereocenters. The molecule has 7 heteroatoms. The molecule has 20 heavy (non-hydrogen) atoms. The van der Waals surface area contributed by atoms with Crippen LogP contribution in [-0.2, 0) is 4.74 Å². The van der Waals surface area contributed by atoms with E-state index >= 15 is 0 Å². The molecule has 1 aromatic carbocycles. The molecule has 0 aliphatic heterocycles. The van der Waals surface area contributed by atoms with Crippen LogP contribution in [0, 0.1) is 0 Å². The molecule has 0 bridgehead atoms. The molecule has 0 spiro atoms. The van der Waals surface area contributed by atoms with Crippen molar-refractivity contribution >= 4 is 23.3 Å². The molecule has 0 radical (unpaired) electrons. The van der Waals surface area contributed by atoms with Crippen molar-refractivity contribution in [3.05, 3.63) is 23.2 Å². The van der Waals surface area contributed by atoms with E-state index in [-0.39, 0.29) is 13.2 Å². The lowest BCUT2D eigenvalue weighted by Crippen LogP contribution is -2.45. The summed E-state index contributed by atoms with van der Waals surface area (Å²) >= 11 is 5.86. The highest BCUT2D eigenvalue weighted by atomic mass is 35.5. The summed E-state index contributed by atoms with van der Waals surface area (Å²) in [5.41, 5.74) is -0.686. The summed E-state index contributed by atoms with van der Waals surface area (Å²) in [4.78, 5) is 11.8. The number of carbonyl (C=O) groups excluding carboxylic acids is 1. The second-order valence-corrected chi connectivity index (χ2v) is 5.02. The van der Waals surface area contributed by atoms with Crippen LogP contribution < -0.4 is 15.4 Å². The number of hydrogen-bond acceptors (Lipinski definition) is 4. The van der Waals surface area contributed by atoms with Crippen molar-refractivity contribution < 1.29 is 19.4 Å². The minimum absolute atomic E-state index is 0.0511. The molecule has 3 N–H and O–H groups in total. The summed E-state index contributed by atoms with van der Waals surface area (Å²) < 4.78 is 9.96. The fraction of sp³-hybridized carbons (Fsp3) is 0.462. The van der Waals surface area contributed by atoms with Gasteiger partial charge in [0.15, 0.2) is 0 Å². The molecule has 0 heterocycles. The number of ether oxygens (including phenoxy) is 2. The van der Waals surface area contributed by atoms with E-state index in [0.29, 0.717) is 16.5 Å². The van der Waals surface area contributed by atoms with Crippen molar-refractivity contribution in [3.63, 3.8) is 0 Å². The number of hydrogen-bond donors (Lipinski definition) is 3. The summed E-state index contributed by atoms with van der Waals surface area (Å²) in [5.74, 6) is 0.494. The lowest BCUT2D eigenvalue weighted by Gasteiger charge is -2.22. The van der Waals surface area contributed by atoms with Crippen LogP contribution in [0.15, 0.2) is 18.2 Å². The van der Waals surface area contributed by atoms with E-state index < -0.39 is 11.6 Å². The van der Waals surface area contributed by atoms with Gasteiger partial charge in [-0.15, -0.1) is 0 Å². The highest BCUT2D eigenvalue weighted by Gasteiger charge is 2.21. The Morgan fingerprint density at radius 2 is 2.15 bits per heavy atom. The Labute approximate surface area is 123 Å². The third kappa shape index (κ3) is 5.24. The Balaban J connectivity index is 2.61. The summed E-state index contributed by atoms with van der Waals surface area (Å²) in [6.07, 6.45) is 0. The standard InChI is InChI=1S/C13H19ClN2O4/c1-13(18,8-19-2)7-15-12(17)16-10-6-9(14)4-5-11(10)20-3/h4-6,18H,7-8H2,1-3H3,(H2,15,16,17)/t13-/m0/s1. The van der Waals surface area contributed by atoms with Gasteiger partial charge < -0.3 is 25.2 Å². The Bertz CT molecular complexity index is 466. The molecule has 2 amide bonds. The normalized spacial score (nSPS) is 13.4. The first-order valence-corrected chi connectivity index (χ1v) is 6.35. The number of carbonyl (C=O) groups is 1. The number of benzene rings is 1. The second-order valence-electron chi connectivity index (χ2n) is 4.58. The molecule has 0 aliphatic carbocycles. The highest BCUT2D eigenvalue weighted by Crippen LogP contribution is 2.27. The minimum atomic E-state index is -1.13. The Hall–Kier alpha value is -1.50. The zero-order chi connectivity index (χ0) is 15.2. The zero-order valence-corrected chi connectivity index (χ0v) is 12.5. The third-order valence-electron chi connectivity index (χ3n) is 2.49. The fourth-order valence-corrected chi connectivity index (χ4v) is 1.75. The molecule has 0 saturated heterocycles. The van der Waals surface area contributed by atoms with Crippen molar-refractivity contribution in [2.45, 2.75) is 12.5 Å². The summed E-state index contributed by atoms with van der Waals surface area (Å²) in [6.45, 7) is 1.74. The van der Waals surface area contributed by atoms with Gasteiger partial charge in [-0.1, -0.05) is 11.6 Å². The molecule has 0 fully saturated rings. The first kappa shape index (κ1) is 16.6. The number of rotatable bonds is 6. The van der Waals surface area contributed by atoms with Crippen LogP contribution in [-0.4, -0.2) is 44.1 Å². The maximum absolute atomic E-state index is 11.8. The highest BCUT2D eigenvalue weighted by molar-refractivity contribution is 6.31. The largest absolute Gasteiger partial charge is 0.495 e. The SMILES string of the molecule is COC[C@@](C)(O)CNC(=O)Nc1cc(Cl)ccc1OC. The van der Waals surface area contributed by atoms with Gasteiger partial charge in [0.25, 0.3) is 0 Å². The maximum Gasteiger partial charge on any atom is 0.319 e. The van der Waals surface area contributed by atoms with Crippen molar-refractivity contribution in [1.82, 2.24) is 5.32 Å². The van der Waals surface area contributed by atoms with Crippen LogP contribution in [0.1, 0.15) is 6.92 Å². The lowest BCUT2D eigenvalue weighted by atomic mass is 10.1. The van der Waals surface area contributed by atoms with E-state index in [4.69, 9.17) is 21.1 Å². The summed E-state index contributed by atoms with van der Waals surface area (Å²) in [5, 5.41) is 15.5. The Morgan fingerprint density at radius 1 is 1.45 bits per heavy atom. The number of methoxy groups -OCH3 is 2. The van der Waals surface area contributed by atoms with E-state index in [1.807, 2.05) is 0 Å². The smallest absolute Gasteiger partial charge is 0.319 e. The van der Waals surface area contributed by atoms with Crippen LogP contribution in [0.25, 0.3) is 0 Å². The van der Waals surface area contributed by atoms with Gasteiger partial charge in [-0.25, -0.2) is 4.79 Å². The molecule has 1 rings (SSSR count). The van der Waals surface area contributed by atoms with Crippen LogP contribution in [0.3, 0.4) is 0 Å². The second kappa shape index (κ2) is 7.33. The minimum Gasteiger partial charge on any atom is -0.495 e. The Kier molecular flexibility index (Phi) is 6.06.